The third-order valence-electron chi connectivity index (χ3n) is 21.5. The zero-order valence-electron chi connectivity index (χ0n) is 67.6. The van der Waals surface area contributed by atoms with Gasteiger partial charge in [-0.2, -0.15) is 5.26 Å². The van der Waals surface area contributed by atoms with Crippen LogP contribution in [0.5, 0.6) is 0 Å². The lowest BCUT2D eigenvalue weighted by Gasteiger charge is -2.46. The van der Waals surface area contributed by atoms with Crippen LogP contribution in [0.1, 0.15) is 69.2 Å². The van der Waals surface area contributed by atoms with Gasteiger partial charge in [0.15, 0.2) is 0 Å². The molecule has 0 saturated carbocycles. The lowest BCUT2D eigenvalue weighted by atomic mass is 9.33. The van der Waals surface area contributed by atoms with Crippen molar-refractivity contribution in [3.8, 4) is 62.0 Å². The summed E-state index contributed by atoms with van der Waals surface area (Å²) >= 11 is 0. The number of aromatic nitrogens is 2. The zero-order chi connectivity index (χ0) is 78.5. The summed E-state index contributed by atoms with van der Waals surface area (Å²) in [6.45, 7) is 12.8. The van der Waals surface area contributed by atoms with Gasteiger partial charge in [0.25, 0.3) is 6.71 Å². The van der Waals surface area contributed by atoms with E-state index < -0.39 is 55.1 Å². The highest BCUT2D eigenvalue weighted by molar-refractivity contribution is 7.00. The fraction of sp³-hybridized carbons (Fsp3) is 0.0808. The van der Waals surface area contributed by atoms with Crippen molar-refractivity contribution in [2.75, 3.05) is 14.7 Å². The first-order chi connectivity index (χ1) is 55.2. The monoisotopic (exact) mass is 1370 g/mol. The Morgan fingerprint density at radius 1 is 0.340 bits per heavy atom. The molecule has 2 aliphatic rings. The van der Waals surface area contributed by atoms with E-state index in [1.165, 1.54) is 11.1 Å². The summed E-state index contributed by atoms with van der Waals surface area (Å²) in [5.41, 5.74) is 23.5. The summed E-state index contributed by atoms with van der Waals surface area (Å²) in [5.74, 6) is 0. The van der Waals surface area contributed by atoms with Crippen LogP contribution in [0.2, 0.25) is 0 Å². The molecule has 0 saturated heterocycles. The van der Waals surface area contributed by atoms with Gasteiger partial charge in [0.2, 0.25) is 0 Å². The first-order valence-corrected chi connectivity index (χ1v) is 36.2. The van der Waals surface area contributed by atoms with E-state index in [4.69, 9.17) is 2.74 Å². The van der Waals surface area contributed by atoms with Gasteiger partial charge in [0.05, 0.1) is 61.7 Å². The predicted octanol–water partition coefficient (Wildman–Crippen LogP) is 24.6. The molecule has 6 nitrogen and oxygen atoms in total. The minimum Gasteiger partial charge on any atom is -0.311 e. The number of rotatable bonds is 11. The van der Waals surface area contributed by atoms with Crippen molar-refractivity contribution < 1.29 is 11.0 Å². The average molecular weight is 1370 g/mol. The lowest BCUT2D eigenvalue weighted by molar-refractivity contribution is 0.590. The first-order valence-electron chi connectivity index (χ1n) is 40.2. The molecule has 0 unspecified atom stereocenters. The van der Waals surface area contributed by atoms with Gasteiger partial charge < -0.3 is 23.8 Å². The molecule has 0 amide bonds. The zero-order valence-corrected chi connectivity index (χ0v) is 59.6. The maximum atomic E-state index is 11.8. The molecule has 504 valence electrons. The van der Waals surface area contributed by atoms with E-state index in [1.54, 1.807) is 4.57 Å². The Labute approximate surface area is 631 Å². The highest BCUT2D eigenvalue weighted by Crippen LogP contribution is 2.53. The first kappa shape index (κ1) is 55.5. The number of nitriles is 1. The highest BCUT2D eigenvalue weighted by atomic mass is 15.2. The molecule has 0 N–H and O–H groups in total. The van der Waals surface area contributed by atoms with Crippen LogP contribution in [0.4, 0.5) is 51.2 Å². The molecule has 7 heteroatoms. The summed E-state index contributed by atoms with van der Waals surface area (Å²) in [4.78, 5) is 7.17. The van der Waals surface area contributed by atoms with Gasteiger partial charge >= 0.3 is 0 Å². The van der Waals surface area contributed by atoms with E-state index in [-0.39, 0.29) is 32.6 Å². The Hall–Kier alpha value is -13.1. The molecule has 0 aliphatic carbocycles. The highest BCUT2D eigenvalue weighted by Gasteiger charge is 2.46. The Morgan fingerprint density at radius 2 is 0.774 bits per heavy atom. The molecule has 0 fully saturated rings. The molecule has 19 rings (SSSR count). The van der Waals surface area contributed by atoms with Gasteiger partial charge in [-0.3, -0.25) is 0 Å². The molecule has 106 heavy (non-hydrogen) atoms. The molecule has 15 aromatic carbocycles. The minimum absolute atomic E-state index is 0.00791. The Bertz CT molecular complexity index is 6690. The van der Waals surface area contributed by atoms with E-state index in [0.29, 0.717) is 22.5 Å². The van der Waals surface area contributed by atoms with E-state index in [9.17, 15) is 13.5 Å². The number of fused-ring (bicyclic) bond motifs is 10. The third kappa shape index (κ3) is 10.5. The van der Waals surface area contributed by atoms with E-state index >= 15 is 0 Å². The van der Waals surface area contributed by atoms with Crippen LogP contribution in [0, 0.1) is 11.3 Å². The van der Waals surface area contributed by atoms with Gasteiger partial charge in [-0.05, 0) is 170 Å². The van der Waals surface area contributed by atoms with Crippen molar-refractivity contribution in [1.82, 2.24) is 9.13 Å². The van der Waals surface area contributed by atoms with Crippen molar-refractivity contribution in [1.29, 1.82) is 5.26 Å². The number of anilines is 9. The van der Waals surface area contributed by atoms with E-state index in [0.717, 1.165) is 128 Å². The van der Waals surface area contributed by atoms with Crippen molar-refractivity contribution >= 4 is 118 Å². The second kappa shape index (κ2) is 25.1. The lowest BCUT2D eigenvalue weighted by Crippen LogP contribution is -2.61. The van der Waals surface area contributed by atoms with Crippen molar-refractivity contribution in [2.45, 2.75) is 52.4 Å². The number of hydrogen-bond donors (Lipinski definition) is 0. The van der Waals surface area contributed by atoms with Crippen LogP contribution in [0.15, 0.2) is 346 Å². The smallest absolute Gasteiger partial charge is 0.252 e. The molecule has 0 bridgehead atoms. The minimum atomic E-state index is -0.613. The average Bonchev–Trinajstić information content (AvgIpc) is 0.772. The quantitative estimate of drug-likeness (QED) is 0.121. The number of benzene rings is 15. The fourth-order valence-corrected chi connectivity index (χ4v) is 16.5. The summed E-state index contributed by atoms with van der Waals surface area (Å²) in [7, 11) is 0. The van der Waals surface area contributed by atoms with Crippen LogP contribution >= 0.6 is 0 Å². The van der Waals surface area contributed by atoms with Crippen LogP contribution < -0.4 is 31.1 Å². The topological polar surface area (TPSA) is 43.4 Å². The van der Waals surface area contributed by atoms with E-state index in [2.05, 4.69) is 303 Å². The molecule has 4 heterocycles. The molecule has 2 aromatic heterocycles. The summed E-state index contributed by atoms with van der Waals surface area (Å²) in [6.07, 6.45) is 0. The maximum Gasteiger partial charge on any atom is 0.252 e. The van der Waals surface area contributed by atoms with Gasteiger partial charge in [0.1, 0.15) is 0 Å². The number of para-hydroxylation sites is 6. The van der Waals surface area contributed by atoms with E-state index in [1.807, 2.05) is 60.7 Å². The molecule has 0 spiro atoms. The summed E-state index contributed by atoms with van der Waals surface area (Å²) in [6, 6.07) is 104. The summed E-state index contributed by atoms with van der Waals surface area (Å²) < 4.78 is 79.4. The largest absolute Gasteiger partial charge is 0.311 e. The Morgan fingerprint density at radius 3 is 1.28 bits per heavy atom. The second-order valence-corrected chi connectivity index (χ2v) is 29.8. The van der Waals surface area contributed by atoms with Crippen LogP contribution in [0.3, 0.4) is 0 Å². The molecule has 2 aliphatic heterocycles. The Kier molecular flexibility index (Phi) is 13.1. The van der Waals surface area contributed by atoms with Gasteiger partial charge in [0, 0.05) is 89.3 Å². The molecular formula is C99H75BN6. The van der Waals surface area contributed by atoms with Crippen molar-refractivity contribution in [2.24, 2.45) is 0 Å². The molecule has 0 atom stereocenters. The maximum absolute atomic E-state index is 11.8. The normalized spacial score (nSPS) is 13.6. The number of nitrogens with zero attached hydrogens (tertiary/aromatic N) is 6. The standard InChI is InChI=1S/C99H75BN6/c1-98(2,3)70-47-52-72(53-48-70)102(73-54-49-71(50-55-73)99(4,5)6)92-63-94-85(62-83(92)67-32-14-9-15-33-67)100-84-57-56-75(104-90-44-26-20-38-80(90)81-39-21-27-45-91(81)104)61-93(84)105(86-40-22-16-34-76(86)65-28-10-7-11-29-65)95-58-69(59-96(97(95)100)106(94)87-41-23-17-35-77(87)66-30-12-8-13-31-66)82-60-74(51-46-68(82)64-101)103-88-42-24-18-36-78(88)79-37-19-25-43-89(79)103/h7-63H,1-6H3/i20D,21D,26D,27D,38D,39D,44D,45D. The van der Waals surface area contributed by atoms with Gasteiger partial charge in [-0.1, -0.05) is 278 Å². The number of hydrogen-bond acceptors (Lipinski definition) is 4. The third-order valence-corrected chi connectivity index (χ3v) is 21.5. The van der Waals surface area contributed by atoms with Gasteiger partial charge in [-0.15, -0.1) is 0 Å². The fourth-order valence-electron chi connectivity index (χ4n) is 16.5. The van der Waals surface area contributed by atoms with Crippen LogP contribution in [0.25, 0.3) is 99.5 Å². The Balaban J connectivity index is 0.998. The molecule has 17 aromatic rings. The summed E-state index contributed by atoms with van der Waals surface area (Å²) in [5, 5.41) is 14.0. The predicted molar refractivity (Wildman–Crippen MR) is 448 cm³/mol. The van der Waals surface area contributed by atoms with Crippen molar-refractivity contribution in [3.05, 3.63) is 362 Å². The van der Waals surface area contributed by atoms with Gasteiger partial charge in [-0.25, -0.2) is 0 Å². The molecule has 0 radical (unpaired) electrons. The second-order valence-electron chi connectivity index (χ2n) is 29.8. The molecular weight excluding hydrogens is 1280 g/mol. The SMILES string of the molecule is [2H]c1c([2H])c([2H])c2c(c1[2H])c1c([2H])c([2H])c([2H])c([2H])c1n2-c1ccc2c(c1)N(c1ccccc1-c1ccccc1)c1cc(-c3cc(-n4c5ccccc5c5ccccc54)ccc3C#N)cc3c1B2c1cc(-c2ccccc2)c(N(c2ccc(C(C)(C)C)cc2)c2ccc(C(C)(C)C)cc2)cc1N3c1ccccc1-c1ccccc1. The van der Waals surface area contributed by atoms with Crippen LogP contribution in [-0.4, -0.2) is 15.8 Å². The van der Waals surface area contributed by atoms with Crippen LogP contribution in [-0.2, 0) is 10.8 Å². The van der Waals surface area contributed by atoms with Crippen molar-refractivity contribution in [3.63, 3.8) is 0 Å².